The summed E-state index contributed by atoms with van der Waals surface area (Å²) in [6, 6.07) is 1.32. The maximum absolute atomic E-state index is 11.2. The summed E-state index contributed by atoms with van der Waals surface area (Å²) >= 11 is 11.2. The number of carbonyl (C=O) groups excluding carboxylic acids is 1. The molecule has 0 aliphatic heterocycles. The molecular formula is C8H7Cl2N3O3. The number of carboxylic acid groups (broad SMARTS) is 1. The molecule has 6 nitrogen and oxygen atoms in total. The number of anilines is 1. The smallest absolute Gasteiger partial charge is 0.303 e. The van der Waals surface area contributed by atoms with E-state index in [4.69, 9.17) is 28.3 Å². The van der Waals surface area contributed by atoms with Gasteiger partial charge >= 0.3 is 5.97 Å². The Balaban J connectivity index is 2.59. The molecule has 1 amide bonds. The summed E-state index contributed by atoms with van der Waals surface area (Å²) < 4.78 is 0. The topological polar surface area (TPSA) is 92.2 Å². The van der Waals surface area contributed by atoms with Crippen LogP contribution in [-0.4, -0.2) is 27.0 Å². The van der Waals surface area contributed by atoms with Crippen molar-refractivity contribution >= 4 is 41.0 Å². The summed E-state index contributed by atoms with van der Waals surface area (Å²) in [6.07, 6.45) is -0.428. The molecule has 86 valence electrons. The second-order valence-corrected chi connectivity index (χ2v) is 3.55. The molecule has 0 spiro atoms. The number of hydrogen-bond acceptors (Lipinski definition) is 4. The van der Waals surface area contributed by atoms with E-state index in [1.807, 2.05) is 0 Å². The van der Waals surface area contributed by atoms with Crippen LogP contribution in [0.3, 0.4) is 0 Å². The van der Waals surface area contributed by atoms with Gasteiger partial charge in [0.15, 0.2) is 0 Å². The molecule has 0 bridgehead atoms. The molecule has 1 aromatic rings. The SMILES string of the molecule is O=C(O)CCC(=O)Nc1nc(Cl)cc(Cl)n1. The highest BCUT2D eigenvalue weighted by Crippen LogP contribution is 2.14. The first-order chi connectivity index (χ1) is 7.47. The largest absolute Gasteiger partial charge is 0.481 e. The third-order valence-electron chi connectivity index (χ3n) is 1.48. The third-order valence-corrected chi connectivity index (χ3v) is 1.87. The number of rotatable bonds is 4. The maximum Gasteiger partial charge on any atom is 0.303 e. The van der Waals surface area contributed by atoms with Crippen molar-refractivity contribution in [2.75, 3.05) is 5.32 Å². The van der Waals surface area contributed by atoms with Gasteiger partial charge in [-0.25, -0.2) is 9.97 Å². The van der Waals surface area contributed by atoms with Gasteiger partial charge in [-0.1, -0.05) is 23.2 Å². The monoisotopic (exact) mass is 263 g/mol. The highest BCUT2D eigenvalue weighted by molar-refractivity contribution is 6.33. The molecule has 0 atom stereocenters. The molecule has 1 aromatic heterocycles. The first kappa shape index (κ1) is 12.7. The quantitative estimate of drug-likeness (QED) is 0.805. The molecule has 1 heterocycles. The molecule has 8 heteroatoms. The van der Waals surface area contributed by atoms with E-state index in [9.17, 15) is 9.59 Å². The van der Waals surface area contributed by atoms with Crippen LogP contribution in [0, 0.1) is 0 Å². The van der Waals surface area contributed by atoms with Crippen LogP contribution in [0.15, 0.2) is 6.07 Å². The molecule has 0 aliphatic carbocycles. The van der Waals surface area contributed by atoms with Crippen molar-refractivity contribution < 1.29 is 14.7 Å². The molecule has 0 saturated carbocycles. The number of hydrogen-bond donors (Lipinski definition) is 2. The Morgan fingerprint density at radius 2 is 1.81 bits per heavy atom. The summed E-state index contributed by atoms with van der Waals surface area (Å²) in [5.41, 5.74) is 0. The van der Waals surface area contributed by atoms with E-state index >= 15 is 0 Å². The van der Waals surface area contributed by atoms with Crippen molar-refractivity contribution in [3.8, 4) is 0 Å². The van der Waals surface area contributed by atoms with Gasteiger partial charge in [0, 0.05) is 12.5 Å². The van der Waals surface area contributed by atoms with Crippen LogP contribution < -0.4 is 5.32 Å². The van der Waals surface area contributed by atoms with Crippen LogP contribution in [0.25, 0.3) is 0 Å². The average Bonchev–Trinajstić information content (AvgIpc) is 2.12. The van der Waals surface area contributed by atoms with E-state index in [1.165, 1.54) is 6.07 Å². The zero-order valence-electron chi connectivity index (χ0n) is 7.91. The highest BCUT2D eigenvalue weighted by Gasteiger charge is 2.08. The van der Waals surface area contributed by atoms with Gasteiger partial charge < -0.3 is 5.11 Å². The van der Waals surface area contributed by atoms with Gasteiger partial charge in [-0.2, -0.15) is 0 Å². The number of aromatic nitrogens is 2. The zero-order chi connectivity index (χ0) is 12.1. The Kier molecular flexibility index (Phi) is 4.45. The van der Waals surface area contributed by atoms with Crippen molar-refractivity contribution in [1.29, 1.82) is 0 Å². The number of nitrogens with zero attached hydrogens (tertiary/aromatic N) is 2. The maximum atomic E-state index is 11.2. The lowest BCUT2D eigenvalue weighted by molar-refractivity contribution is -0.138. The summed E-state index contributed by atoms with van der Waals surface area (Å²) in [5, 5.41) is 10.8. The summed E-state index contributed by atoms with van der Waals surface area (Å²) in [7, 11) is 0. The van der Waals surface area contributed by atoms with Gasteiger partial charge in [0.1, 0.15) is 10.3 Å². The average molecular weight is 264 g/mol. The molecule has 0 aromatic carbocycles. The van der Waals surface area contributed by atoms with Gasteiger partial charge in [0.05, 0.1) is 6.42 Å². The number of carboxylic acids is 1. The molecule has 0 unspecified atom stereocenters. The van der Waals surface area contributed by atoms with Crippen molar-refractivity contribution in [3.05, 3.63) is 16.4 Å². The van der Waals surface area contributed by atoms with Crippen LogP contribution in [0.5, 0.6) is 0 Å². The Morgan fingerprint density at radius 3 is 2.31 bits per heavy atom. The Hall–Kier alpha value is -1.40. The van der Waals surface area contributed by atoms with Crippen molar-refractivity contribution in [2.24, 2.45) is 0 Å². The van der Waals surface area contributed by atoms with Gasteiger partial charge in [-0.05, 0) is 0 Å². The molecule has 0 fully saturated rings. The van der Waals surface area contributed by atoms with Crippen LogP contribution in [0.2, 0.25) is 10.3 Å². The summed E-state index contributed by atoms with van der Waals surface area (Å²) in [6.45, 7) is 0. The highest BCUT2D eigenvalue weighted by atomic mass is 35.5. The fourth-order valence-electron chi connectivity index (χ4n) is 0.854. The molecular weight excluding hydrogens is 257 g/mol. The molecule has 2 N–H and O–H groups in total. The Bertz CT molecular complexity index is 405. The molecule has 1 rings (SSSR count). The van der Waals surface area contributed by atoms with E-state index in [2.05, 4.69) is 15.3 Å². The van der Waals surface area contributed by atoms with Crippen LogP contribution in [0.4, 0.5) is 5.95 Å². The molecule has 16 heavy (non-hydrogen) atoms. The number of halogens is 2. The van der Waals surface area contributed by atoms with E-state index in [0.717, 1.165) is 0 Å². The van der Waals surface area contributed by atoms with Gasteiger partial charge in [-0.3, -0.25) is 14.9 Å². The summed E-state index contributed by atoms with van der Waals surface area (Å²) in [5.74, 6) is -1.62. The number of nitrogens with one attached hydrogen (secondary N) is 1. The second-order valence-electron chi connectivity index (χ2n) is 2.78. The first-order valence-corrected chi connectivity index (χ1v) is 4.94. The van der Waals surface area contributed by atoms with E-state index in [1.54, 1.807) is 0 Å². The molecule has 0 radical (unpaired) electrons. The normalized spacial score (nSPS) is 9.88. The lowest BCUT2D eigenvalue weighted by atomic mass is 10.3. The Labute approximate surface area is 101 Å². The van der Waals surface area contributed by atoms with Crippen LogP contribution in [0.1, 0.15) is 12.8 Å². The minimum atomic E-state index is -1.06. The standard InChI is InChI=1S/C8H7Cl2N3O3/c9-4-3-5(10)12-8(11-4)13-6(14)1-2-7(15)16/h3H,1-2H2,(H,15,16)(H,11,12,13,14). The molecule has 0 aliphatic rings. The van der Waals surface area contributed by atoms with Crippen LogP contribution in [-0.2, 0) is 9.59 Å². The minimum Gasteiger partial charge on any atom is -0.481 e. The lowest BCUT2D eigenvalue weighted by Gasteiger charge is -2.02. The van der Waals surface area contributed by atoms with Crippen molar-refractivity contribution in [1.82, 2.24) is 9.97 Å². The molecule has 0 saturated heterocycles. The van der Waals surface area contributed by atoms with Gasteiger partial charge in [0.2, 0.25) is 11.9 Å². The lowest BCUT2D eigenvalue weighted by Crippen LogP contribution is -2.15. The number of carbonyl (C=O) groups is 2. The Morgan fingerprint density at radius 1 is 1.25 bits per heavy atom. The van der Waals surface area contributed by atoms with E-state index in [-0.39, 0.29) is 29.1 Å². The van der Waals surface area contributed by atoms with Crippen molar-refractivity contribution in [3.63, 3.8) is 0 Å². The minimum absolute atomic E-state index is 0.0483. The third kappa shape index (κ3) is 4.41. The second kappa shape index (κ2) is 5.62. The number of amides is 1. The van der Waals surface area contributed by atoms with Gasteiger partial charge in [-0.15, -0.1) is 0 Å². The van der Waals surface area contributed by atoms with E-state index < -0.39 is 11.9 Å². The predicted molar refractivity (Wildman–Crippen MR) is 57.6 cm³/mol. The predicted octanol–water partition coefficient (Wildman–Crippen LogP) is 1.59. The van der Waals surface area contributed by atoms with Gasteiger partial charge in [0.25, 0.3) is 0 Å². The fraction of sp³-hybridized carbons (Fsp3) is 0.250. The first-order valence-electron chi connectivity index (χ1n) is 4.19. The number of aliphatic carboxylic acids is 1. The van der Waals surface area contributed by atoms with Crippen LogP contribution >= 0.6 is 23.2 Å². The fourth-order valence-corrected chi connectivity index (χ4v) is 1.28. The summed E-state index contributed by atoms with van der Waals surface area (Å²) in [4.78, 5) is 28.8. The van der Waals surface area contributed by atoms with E-state index in [0.29, 0.717) is 0 Å². The van der Waals surface area contributed by atoms with Crippen molar-refractivity contribution in [2.45, 2.75) is 12.8 Å². The zero-order valence-corrected chi connectivity index (χ0v) is 9.42.